The fraction of sp³-hybridized carbons (Fsp3) is 0.667. The maximum absolute atomic E-state index is 11.2. The van der Waals surface area contributed by atoms with Crippen LogP contribution in [0.3, 0.4) is 0 Å². The van der Waals surface area contributed by atoms with E-state index in [0.29, 0.717) is 6.54 Å². The molecule has 1 saturated heterocycles. The molecule has 0 unspecified atom stereocenters. The Morgan fingerprint density at radius 3 is 2.77 bits per heavy atom. The van der Waals surface area contributed by atoms with Crippen molar-refractivity contribution < 1.29 is 9.59 Å². The maximum atomic E-state index is 11.2. The Morgan fingerprint density at radius 1 is 1.62 bits per heavy atom. The molecule has 0 N–H and O–H groups in total. The lowest BCUT2D eigenvalue weighted by atomic mass is 10.1. The lowest BCUT2D eigenvalue weighted by Gasteiger charge is -2.12. The highest BCUT2D eigenvalue weighted by atomic mass is 16.2. The summed E-state index contributed by atoms with van der Waals surface area (Å²) in [5.41, 5.74) is 0. The average Bonchev–Trinajstić information content (AvgIpc) is 2.41. The molecule has 1 aliphatic rings. The molecule has 4 nitrogen and oxygen atoms in total. The van der Waals surface area contributed by atoms with Crippen LogP contribution < -0.4 is 0 Å². The van der Waals surface area contributed by atoms with Crippen molar-refractivity contribution in [2.45, 2.75) is 19.8 Å². The van der Waals surface area contributed by atoms with E-state index in [1.165, 1.54) is 4.90 Å². The van der Waals surface area contributed by atoms with Crippen LogP contribution in [0.4, 0.5) is 0 Å². The summed E-state index contributed by atoms with van der Waals surface area (Å²) in [5.74, 6) is -1.76. The van der Waals surface area contributed by atoms with E-state index in [2.05, 4.69) is 0 Å². The molecule has 0 bridgehead atoms. The lowest BCUT2D eigenvalue weighted by Crippen LogP contribution is -2.28. The van der Waals surface area contributed by atoms with Crippen LogP contribution in [-0.4, -0.2) is 29.7 Å². The van der Waals surface area contributed by atoms with Crippen LogP contribution in [-0.2, 0) is 9.59 Å². The van der Waals surface area contributed by atoms with Gasteiger partial charge >= 0.3 is 0 Å². The molecule has 0 radical (unpaired) electrons. The van der Waals surface area contributed by atoms with E-state index in [1.807, 2.05) is 13.0 Å². The molecule has 13 heavy (non-hydrogen) atoms. The molecule has 0 aromatic carbocycles. The Balaban J connectivity index is 2.57. The Labute approximate surface area is 77.1 Å². The third-order valence-corrected chi connectivity index (χ3v) is 2.15. The molecule has 1 atom stereocenters. The summed E-state index contributed by atoms with van der Waals surface area (Å²) >= 11 is 0. The fourth-order valence-corrected chi connectivity index (χ4v) is 1.33. The van der Waals surface area contributed by atoms with E-state index in [0.717, 1.165) is 12.8 Å². The highest BCUT2D eigenvalue weighted by Gasteiger charge is 2.38. The SMILES string of the molecule is CCCCN1C[C@H](C#N)C(=O)C1=O. The van der Waals surface area contributed by atoms with Crippen molar-refractivity contribution in [1.82, 2.24) is 4.90 Å². The first-order valence-corrected chi connectivity index (χ1v) is 4.43. The largest absolute Gasteiger partial charge is 0.334 e. The fourth-order valence-electron chi connectivity index (χ4n) is 1.33. The second-order valence-electron chi connectivity index (χ2n) is 3.15. The Morgan fingerprint density at radius 2 is 2.31 bits per heavy atom. The summed E-state index contributed by atoms with van der Waals surface area (Å²) in [6.45, 7) is 2.90. The molecule has 1 amide bonds. The van der Waals surface area contributed by atoms with Gasteiger partial charge in [0, 0.05) is 13.1 Å². The quantitative estimate of drug-likeness (QED) is 0.588. The summed E-state index contributed by atoms with van der Waals surface area (Å²) in [6, 6.07) is 1.84. The van der Waals surface area contributed by atoms with Gasteiger partial charge in [0.15, 0.2) is 0 Å². The predicted molar refractivity (Wildman–Crippen MR) is 45.6 cm³/mol. The van der Waals surface area contributed by atoms with E-state index in [1.54, 1.807) is 0 Å². The molecule has 0 saturated carbocycles. The standard InChI is InChI=1S/C9H12N2O2/c1-2-3-4-11-6-7(5-10)8(12)9(11)13/h7H,2-4,6H2,1H3/t7-/m0/s1. The van der Waals surface area contributed by atoms with Gasteiger partial charge in [-0.25, -0.2) is 0 Å². The van der Waals surface area contributed by atoms with Gasteiger partial charge in [-0.05, 0) is 6.42 Å². The molecule has 1 fully saturated rings. The molecule has 4 heteroatoms. The number of nitriles is 1. The number of hydrogen-bond acceptors (Lipinski definition) is 3. The van der Waals surface area contributed by atoms with Crippen LogP contribution in [0.2, 0.25) is 0 Å². The monoisotopic (exact) mass is 180 g/mol. The minimum absolute atomic E-state index is 0.286. The number of unbranched alkanes of at least 4 members (excludes halogenated alkanes) is 1. The van der Waals surface area contributed by atoms with Crippen molar-refractivity contribution in [2.24, 2.45) is 5.92 Å². The molecule has 1 heterocycles. The van der Waals surface area contributed by atoms with Crippen LogP contribution in [0.1, 0.15) is 19.8 Å². The predicted octanol–water partition coefficient (Wildman–Crippen LogP) is 0.338. The van der Waals surface area contributed by atoms with Crippen LogP contribution in [0, 0.1) is 17.2 Å². The van der Waals surface area contributed by atoms with Crippen molar-refractivity contribution in [1.29, 1.82) is 5.26 Å². The van der Waals surface area contributed by atoms with E-state index in [4.69, 9.17) is 5.26 Å². The van der Waals surface area contributed by atoms with Gasteiger partial charge in [0.1, 0.15) is 5.92 Å². The summed E-state index contributed by atoms with van der Waals surface area (Å²) in [7, 11) is 0. The zero-order valence-electron chi connectivity index (χ0n) is 7.62. The molecule has 0 aromatic rings. The summed E-state index contributed by atoms with van der Waals surface area (Å²) < 4.78 is 0. The summed E-state index contributed by atoms with van der Waals surface area (Å²) in [5, 5.41) is 8.55. The van der Waals surface area contributed by atoms with Crippen LogP contribution in [0.5, 0.6) is 0 Å². The number of ketones is 1. The maximum Gasteiger partial charge on any atom is 0.291 e. The van der Waals surface area contributed by atoms with Gasteiger partial charge in [-0.2, -0.15) is 5.26 Å². The van der Waals surface area contributed by atoms with Crippen molar-refractivity contribution in [3.05, 3.63) is 0 Å². The van der Waals surface area contributed by atoms with Gasteiger partial charge < -0.3 is 4.90 Å². The first-order chi connectivity index (χ1) is 6.20. The molecule has 70 valence electrons. The highest BCUT2D eigenvalue weighted by Crippen LogP contribution is 2.13. The zero-order chi connectivity index (χ0) is 9.84. The summed E-state index contributed by atoms with van der Waals surface area (Å²) in [4.78, 5) is 23.8. The third kappa shape index (κ3) is 1.86. The van der Waals surface area contributed by atoms with Gasteiger partial charge in [0.05, 0.1) is 6.07 Å². The van der Waals surface area contributed by atoms with Gasteiger partial charge in [0.2, 0.25) is 5.78 Å². The number of carbonyl (C=O) groups excluding carboxylic acids is 2. The molecule has 1 aliphatic heterocycles. The van der Waals surface area contributed by atoms with E-state index < -0.39 is 17.6 Å². The van der Waals surface area contributed by atoms with Gasteiger partial charge in [-0.15, -0.1) is 0 Å². The Bertz CT molecular complexity index is 267. The van der Waals surface area contributed by atoms with Gasteiger partial charge in [-0.3, -0.25) is 9.59 Å². The lowest BCUT2D eigenvalue weighted by molar-refractivity contribution is -0.140. The van der Waals surface area contributed by atoms with Crippen molar-refractivity contribution in [2.75, 3.05) is 13.1 Å². The first-order valence-electron chi connectivity index (χ1n) is 4.43. The van der Waals surface area contributed by atoms with E-state index in [9.17, 15) is 9.59 Å². The smallest absolute Gasteiger partial charge is 0.291 e. The second-order valence-corrected chi connectivity index (χ2v) is 3.15. The van der Waals surface area contributed by atoms with Gasteiger partial charge in [-0.1, -0.05) is 13.3 Å². The number of nitrogens with zero attached hydrogens (tertiary/aromatic N) is 2. The number of amides is 1. The summed E-state index contributed by atoms with van der Waals surface area (Å²) in [6.07, 6.45) is 1.87. The highest BCUT2D eigenvalue weighted by molar-refractivity contribution is 6.39. The van der Waals surface area contributed by atoms with Crippen molar-refractivity contribution >= 4 is 11.7 Å². The minimum atomic E-state index is -0.732. The average molecular weight is 180 g/mol. The van der Waals surface area contributed by atoms with Crippen molar-refractivity contribution in [3.8, 4) is 6.07 Å². The first kappa shape index (κ1) is 9.72. The van der Waals surface area contributed by atoms with Crippen LogP contribution in [0.25, 0.3) is 0 Å². The van der Waals surface area contributed by atoms with Crippen LogP contribution in [0.15, 0.2) is 0 Å². The number of Topliss-reactive ketones (excluding diaryl/α,β-unsaturated/α-hetero) is 1. The molecule has 0 spiro atoms. The second kappa shape index (κ2) is 4.04. The Kier molecular flexibility index (Phi) is 3.02. The van der Waals surface area contributed by atoms with Crippen molar-refractivity contribution in [3.63, 3.8) is 0 Å². The number of likely N-dealkylation sites (tertiary alicyclic amines) is 1. The van der Waals surface area contributed by atoms with E-state index in [-0.39, 0.29) is 6.54 Å². The van der Waals surface area contributed by atoms with Crippen LogP contribution >= 0.6 is 0 Å². The molecular formula is C9H12N2O2. The number of rotatable bonds is 3. The number of carbonyl (C=O) groups is 2. The normalized spacial score (nSPS) is 22.2. The zero-order valence-corrected chi connectivity index (χ0v) is 7.62. The molecule has 0 aliphatic carbocycles. The third-order valence-electron chi connectivity index (χ3n) is 2.15. The van der Waals surface area contributed by atoms with Gasteiger partial charge in [0.25, 0.3) is 5.91 Å². The molecule has 0 aromatic heterocycles. The topological polar surface area (TPSA) is 61.2 Å². The molecular weight excluding hydrogens is 168 g/mol. The van der Waals surface area contributed by atoms with E-state index >= 15 is 0 Å². The Hall–Kier alpha value is -1.37. The number of hydrogen-bond donors (Lipinski definition) is 0. The molecule has 1 rings (SSSR count). The minimum Gasteiger partial charge on any atom is -0.334 e.